The molecule has 1 fully saturated rings. The van der Waals surface area contributed by atoms with Gasteiger partial charge in [-0.25, -0.2) is 13.1 Å². The van der Waals surface area contributed by atoms with Crippen LogP contribution in [0.5, 0.6) is 0 Å². The molecule has 0 bridgehead atoms. The summed E-state index contributed by atoms with van der Waals surface area (Å²) in [4.78, 5) is 10.2. The lowest BCUT2D eigenvalue weighted by Crippen LogP contribution is -2.56. The molecular weight excluding hydrogens is 270 g/mol. The molecule has 2 rings (SSSR count). The van der Waals surface area contributed by atoms with Crippen LogP contribution in [-0.2, 0) is 10.0 Å². The van der Waals surface area contributed by atoms with Gasteiger partial charge in [0, 0.05) is 31.3 Å². The second kappa shape index (κ2) is 4.87. The molecule has 2 N–H and O–H groups in total. The number of nitrogens with one attached hydrogen (secondary N) is 2. The minimum atomic E-state index is -3.72. The minimum absolute atomic E-state index is 0.0221. The zero-order valence-electron chi connectivity index (χ0n) is 10.6. The summed E-state index contributed by atoms with van der Waals surface area (Å²) in [6.45, 7) is 4.46. The van der Waals surface area contributed by atoms with E-state index >= 15 is 0 Å². The van der Waals surface area contributed by atoms with Crippen LogP contribution in [0.15, 0.2) is 17.0 Å². The number of nitro benzene ring substituents is 1. The molecule has 1 heterocycles. The average molecular weight is 285 g/mol. The summed E-state index contributed by atoms with van der Waals surface area (Å²) in [6.07, 6.45) is 0. The van der Waals surface area contributed by atoms with Gasteiger partial charge in [-0.2, -0.15) is 0 Å². The topological polar surface area (TPSA) is 101 Å². The largest absolute Gasteiger partial charge is 0.313 e. The highest BCUT2D eigenvalue weighted by Gasteiger charge is 2.27. The van der Waals surface area contributed by atoms with E-state index in [4.69, 9.17) is 0 Å². The van der Waals surface area contributed by atoms with Crippen molar-refractivity contribution in [3.05, 3.63) is 33.4 Å². The van der Waals surface area contributed by atoms with Gasteiger partial charge in [-0.05, 0) is 25.0 Å². The van der Waals surface area contributed by atoms with Crippen molar-refractivity contribution >= 4 is 15.7 Å². The highest BCUT2D eigenvalue weighted by molar-refractivity contribution is 7.89. The quantitative estimate of drug-likeness (QED) is 0.618. The first-order valence-electron chi connectivity index (χ1n) is 5.80. The summed E-state index contributed by atoms with van der Waals surface area (Å²) in [5.41, 5.74) is 0.905. The summed E-state index contributed by atoms with van der Waals surface area (Å²) < 4.78 is 27.0. The van der Waals surface area contributed by atoms with Gasteiger partial charge in [0.25, 0.3) is 5.69 Å². The molecule has 0 spiro atoms. The predicted octanol–water partition coefficient (Wildman–Crippen LogP) is 0.462. The Bertz CT molecular complexity index is 623. The third-order valence-corrected chi connectivity index (χ3v) is 4.85. The summed E-state index contributed by atoms with van der Waals surface area (Å²) in [6, 6.07) is 2.33. The molecule has 1 aliphatic rings. The van der Waals surface area contributed by atoms with Crippen molar-refractivity contribution in [1.82, 2.24) is 10.0 Å². The number of non-ortho nitro benzene ring substituents is 1. The molecule has 1 aliphatic heterocycles. The van der Waals surface area contributed by atoms with Crippen molar-refractivity contribution in [2.75, 3.05) is 13.1 Å². The van der Waals surface area contributed by atoms with Gasteiger partial charge in [0.15, 0.2) is 0 Å². The van der Waals surface area contributed by atoms with Gasteiger partial charge in [-0.3, -0.25) is 10.1 Å². The van der Waals surface area contributed by atoms with Crippen molar-refractivity contribution < 1.29 is 13.3 Å². The number of rotatable bonds is 4. The molecule has 0 atom stereocenters. The highest BCUT2D eigenvalue weighted by Crippen LogP contribution is 2.25. The number of benzene rings is 1. The summed E-state index contributed by atoms with van der Waals surface area (Å²) in [7, 11) is -3.72. The van der Waals surface area contributed by atoms with E-state index in [0.29, 0.717) is 24.2 Å². The third-order valence-electron chi connectivity index (χ3n) is 3.21. The maximum atomic E-state index is 12.2. The van der Waals surface area contributed by atoms with Crippen LogP contribution in [0, 0.1) is 24.0 Å². The maximum absolute atomic E-state index is 12.2. The Morgan fingerprint density at radius 3 is 2.47 bits per heavy atom. The van der Waals surface area contributed by atoms with E-state index in [9.17, 15) is 18.5 Å². The van der Waals surface area contributed by atoms with Crippen molar-refractivity contribution in [2.24, 2.45) is 0 Å². The summed E-state index contributed by atoms with van der Waals surface area (Å²) in [5.74, 6) is 0. The molecule has 19 heavy (non-hydrogen) atoms. The predicted molar refractivity (Wildman–Crippen MR) is 69.5 cm³/mol. The second-order valence-electron chi connectivity index (χ2n) is 4.62. The van der Waals surface area contributed by atoms with Crippen LogP contribution < -0.4 is 10.0 Å². The van der Waals surface area contributed by atoms with Crippen molar-refractivity contribution in [1.29, 1.82) is 0 Å². The van der Waals surface area contributed by atoms with Gasteiger partial charge in [-0.15, -0.1) is 0 Å². The Morgan fingerprint density at radius 1 is 1.37 bits per heavy atom. The number of sulfonamides is 1. The van der Waals surface area contributed by atoms with Crippen LogP contribution in [-0.4, -0.2) is 32.5 Å². The van der Waals surface area contributed by atoms with Crippen LogP contribution in [0.1, 0.15) is 11.1 Å². The first-order valence-corrected chi connectivity index (χ1v) is 7.28. The lowest BCUT2D eigenvalue weighted by Gasteiger charge is -2.28. The zero-order valence-corrected chi connectivity index (χ0v) is 11.5. The summed E-state index contributed by atoms with van der Waals surface area (Å²) in [5, 5.41) is 13.8. The molecule has 0 saturated carbocycles. The second-order valence-corrected chi connectivity index (χ2v) is 6.30. The maximum Gasteiger partial charge on any atom is 0.271 e. The van der Waals surface area contributed by atoms with Crippen molar-refractivity contribution in [3.63, 3.8) is 0 Å². The monoisotopic (exact) mass is 285 g/mol. The highest BCUT2D eigenvalue weighted by atomic mass is 32.2. The standard InChI is InChI=1S/C11H15N3O4S/c1-7-3-10(14(15)16)4-11(8(7)2)19(17,18)13-9-5-12-6-9/h3-4,9,12-13H,5-6H2,1-2H3. The van der Waals surface area contributed by atoms with Crippen LogP contribution in [0.4, 0.5) is 5.69 Å². The Hall–Kier alpha value is -1.51. The van der Waals surface area contributed by atoms with Gasteiger partial charge in [-0.1, -0.05) is 0 Å². The molecule has 1 aromatic carbocycles. The average Bonchev–Trinajstić information content (AvgIpc) is 2.27. The SMILES string of the molecule is Cc1cc([N+](=O)[O-])cc(S(=O)(=O)NC2CNC2)c1C. The van der Waals surface area contributed by atoms with E-state index in [1.807, 2.05) is 0 Å². The Balaban J connectivity index is 2.44. The molecule has 0 aromatic heterocycles. The van der Waals surface area contributed by atoms with Gasteiger partial charge in [0.05, 0.1) is 9.82 Å². The van der Waals surface area contributed by atoms with Gasteiger partial charge in [0.2, 0.25) is 10.0 Å². The van der Waals surface area contributed by atoms with Crippen LogP contribution in [0.2, 0.25) is 0 Å². The van der Waals surface area contributed by atoms with Crippen molar-refractivity contribution in [3.8, 4) is 0 Å². The van der Waals surface area contributed by atoms with E-state index in [0.717, 1.165) is 6.07 Å². The fourth-order valence-corrected chi connectivity index (χ4v) is 3.42. The lowest BCUT2D eigenvalue weighted by atomic mass is 10.1. The van der Waals surface area contributed by atoms with E-state index in [1.54, 1.807) is 13.8 Å². The molecular formula is C11H15N3O4S. The number of hydrogen-bond donors (Lipinski definition) is 2. The molecule has 8 heteroatoms. The van der Waals surface area contributed by atoms with Crippen molar-refractivity contribution in [2.45, 2.75) is 24.8 Å². The first kappa shape index (κ1) is 13.9. The smallest absolute Gasteiger partial charge is 0.271 e. The number of nitrogens with zero attached hydrogens (tertiary/aromatic N) is 1. The molecule has 7 nitrogen and oxygen atoms in total. The number of hydrogen-bond acceptors (Lipinski definition) is 5. The fraction of sp³-hybridized carbons (Fsp3) is 0.455. The molecule has 0 amide bonds. The van der Waals surface area contributed by atoms with E-state index in [2.05, 4.69) is 10.0 Å². The first-order chi connectivity index (χ1) is 8.81. The molecule has 0 aliphatic carbocycles. The van der Waals surface area contributed by atoms with E-state index < -0.39 is 14.9 Å². The van der Waals surface area contributed by atoms with Gasteiger partial charge in [0.1, 0.15) is 0 Å². The van der Waals surface area contributed by atoms with Gasteiger partial charge < -0.3 is 5.32 Å². The molecule has 104 valence electrons. The Labute approximate surface area is 111 Å². The minimum Gasteiger partial charge on any atom is -0.313 e. The molecule has 0 unspecified atom stereocenters. The fourth-order valence-electron chi connectivity index (χ4n) is 1.85. The third kappa shape index (κ3) is 2.75. The number of aryl methyl sites for hydroxylation is 1. The zero-order chi connectivity index (χ0) is 14.2. The van der Waals surface area contributed by atoms with E-state index in [-0.39, 0.29) is 16.6 Å². The van der Waals surface area contributed by atoms with Crippen LogP contribution in [0.25, 0.3) is 0 Å². The lowest BCUT2D eigenvalue weighted by molar-refractivity contribution is -0.385. The Kier molecular flexibility index (Phi) is 3.57. The van der Waals surface area contributed by atoms with E-state index in [1.165, 1.54) is 6.07 Å². The van der Waals surface area contributed by atoms with Gasteiger partial charge >= 0.3 is 0 Å². The molecule has 1 saturated heterocycles. The van der Waals surface area contributed by atoms with Crippen LogP contribution in [0.3, 0.4) is 0 Å². The molecule has 0 radical (unpaired) electrons. The Morgan fingerprint density at radius 2 is 2.00 bits per heavy atom. The normalized spacial score (nSPS) is 16.1. The number of nitro groups is 1. The summed E-state index contributed by atoms with van der Waals surface area (Å²) >= 11 is 0. The molecule has 1 aromatic rings. The van der Waals surface area contributed by atoms with Crippen LogP contribution >= 0.6 is 0 Å².